The number of phenols is 1. The first kappa shape index (κ1) is 17.8. The average molecular weight is 348 g/mol. The minimum absolute atomic E-state index is 0.134. The predicted octanol–water partition coefficient (Wildman–Crippen LogP) is 2.26. The van der Waals surface area contributed by atoms with Crippen LogP contribution in [0.1, 0.15) is 37.9 Å². The number of hydrogen-bond donors (Lipinski definition) is 2. The highest BCUT2D eigenvalue weighted by molar-refractivity contribution is 5.32. The molecule has 25 heavy (non-hydrogen) atoms. The van der Waals surface area contributed by atoms with Gasteiger partial charge < -0.3 is 10.2 Å². The highest BCUT2D eigenvalue weighted by atomic mass is 19.1. The van der Waals surface area contributed by atoms with Crippen molar-refractivity contribution in [2.75, 3.05) is 13.1 Å². The summed E-state index contributed by atoms with van der Waals surface area (Å²) in [6, 6.07) is 4.06. The molecule has 2 aromatic rings. The van der Waals surface area contributed by atoms with Gasteiger partial charge >= 0.3 is 0 Å². The number of aromatic nitrogens is 3. The van der Waals surface area contributed by atoms with Gasteiger partial charge in [-0.1, -0.05) is 5.21 Å². The zero-order valence-corrected chi connectivity index (χ0v) is 14.7. The van der Waals surface area contributed by atoms with E-state index >= 15 is 0 Å². The third-order valence-corrected chi connectivity index (χ3v) is 4.65. The second-order valence-electron chi connectivity index (χ2n) is 7.40. The van der Waals surface area contributed by atoms with Gasteiger partial charge in [0.05, 0.1) is 6.20 Å². The fraction of sp³-hybridized carbons (Fsp3) is 0.556. The van der Waals surface area contributed by atoms with E-state index in [1.165, 1.54) is 18.2 Å². The Kier molecular flexibility index (Phi) is 5.06. The third kappa shape index (κ3) is 4.55. The number of aliphatic hydroxyl groups is 1. The highest BCUT2D eigenvalue weighted by Crippen LogP contribution is 2.24. The minimum atomic E-state index is -0.994. The van der Waals surface area contributed by atoms with Gasteiger partial charge in [0.2, 0.25) is 0 Å². The second-order valence-corrected chi connectivity index (χ2v) is 7.40. The number of hydrogen-bond acceptors (Lipinski definition) is 5. The number of halogens is 1. The van der Waals surface area contributed by atoms with E-state index in [9.17, 15) is 14.6 Å². The molecule has 136 valence electrons. The predicted molar refractivity (Wildman–Crippen MR) is 91.3 cm³/mol. The highest BCUT2D eigenvalue weighted by Gasteiger charge is 2.24. The number of likely N-dealkylation sites (tertiary alicyclic amines) is 1. The molecule has 1 aromatic carbocycles. The minimum Gasteiger partial charge on any atom is -0.508 e. The monoisotopic (exact) mass is 348 g/mol. The summed E-state index contributed by atoms with van der Waals surface area (Å²) in [6.07, 6.45) is 3.93. The molecule has 3 rings (SSSR count). The Labute approximate surface area is 146 Å². The van der Waals surface area contributed by atoms with Crippen molar-refractivity contribution in [1.82, 2.24) is 19.9 Å². The van der Waals surface area contributed by atoms with Gasteiger partial charge in [-0.3, -0.25) is 9.58 Å². The summed E-state index contributed by atoms with van der Waals surface area (Å²) in [7, 11) is 0. The molecule has 7 heteroatoms. The van der Waals surface area contributed by atoms with Crippen LogP contribution >= 0.6 is 0 Å². The van der Waals surface area contributed by atoms with E-state index in [-0.39, 0.29) is 11.6 Å². The van der Waals surface area contributed by atoms with Crippen molar-refractivity contribution in [3.63, 3.8) is 0 Å². The van der Waals surface area contributed by atoms with Crippen LogP contribution in [0.5, 0.6) is 5.75 Å². The summed E-state index contributed by atoms with van der Waals surface area (Å²) in [5, 5.41) is 28.0. The van der Waals surface area contributed by atoms with E-state index in [1.807, 2.05) is 0 Å². The molecule has 0 aliphatic carbocycles. The topological polar surface area (TPSA) is 74.4 Å². The third-order valence-electron chi connectivity index (χ3n) is 4.65. The quantitative estimate of drug-likeness (QED) is 0.867. The standard InChI is InChI=1S/C18H25FN4O2/c1-18(2,25)17-12-23(21-20-17)10-13-4-3-7-22(9-13)11-14-8-15(19)5-6-16(14)24/h5-6,8,12-13,24-25H,3-4,7,9-11H2,1-2H3. The van der Waals surface area contributed by atoms with Crippen LogP contribution in [0.3, 0.4) is 0 Å². The van der Waals surface area contributed by atoms with Crippen molar-refractivity contribution in [2.45, 2.75) is 45.4 Å². The van der Waals surface area contributed by atoms with Gasteiger partial charge in [-0.15, -0.1) is 5.10 Å². The average Bonchev–Trinajstić information content (AvgIpc) is 3.00. The lowest BCUT2D eigenvalue weighted by atomic mass is 9.97. The molecule has 0 bridgehead atoms. The number of phenolic OH excluding ortho intramolecular Hbond substituents is 1. The van der Waals surface area contributed by atoms with E-state index in [1.54, 1.807) is 24.7 Å². The van der Waals surface area contributed by atoms with Gasteiger partial charge in [0.1, 0.15) is 22.9 Å². The van der Waals surface area contributed by atoms with Gasteiger partial charge in [0.15, 0.2) is 0 Å². The van der Waals surface area contributed by atoms with Gasteiger partial charge in [0, 0.05) is 25.2 Å². The summed E-state index contributed by atoms with van der Waals surface area (Å²) in [5.41, 5.74) is 0.182. The van der Waals surface area contributed by atoms with Gasteiger partial charge in [-0.25, -0.2) is 4.39 Å². The van der Waals surface area contributed by atoms with Crippen molar-refractivity contribution in [3.05, 3.63) is 41.5 Å². The molecule has 6 nitrogen and oxygen atoms in total. The summed E-state index contributed by atoms with van der Waals surface area (Å²) in [6.45, 7) is 6.43. The first-order valence-corrected chi connectivity index (χ1v) is 8.64. The molecule has 2 heterocycles. The molecule has 0 radical (unpaired) electrons. The van der Waals surface area contributed by atoms with Gasteiger partial charge in [-0.2, -0.15) is 0 Å². The Morgan fingerprint density at radius 2 is 2.16 bits per heavy atom. The molecule has 1 saturated heterocycles. The maximum atomic E-state index is 13.4. The van der Waals surface area contributed by atoms with E-state index in [0.717, 1.165) is 32.5 Å². The number of rotatable bonds is 5. The molecule has 1 aromatic heterocycles. The van der Waals surface area contributed by atoms with Crippen LogP contribution in [-0.2, 0) is 18.7 Å². The lowest BCUT2D eigenvalue weighted by Crippen LogP contribution is -2.36. The van der Waals surface area contributed by atoms with Crippen LogP contribution in [0, 0.1) is 11.7 Å². The second kappa shape index (κ2) is 7.09. The molecule has 0 amide bonds. The number of nitrogens with zero attached hydrogens (tertiary/aromatic N) is 4. The Bertz CT molecular complexity index is 726. The van der Waals surface area contributed by atoms with Crippen molar-refractivity contribution in [3.8, 4) is 5.75 Å². The van der Waals surface area contributed by atoms with Crippen LogP contribution in [0.2, 0.25) is 0 Å². The number of benzene rings is 1. The van der Waals surface area contributed by atoms with Crippen LogP contribution in [-0.4, -0.2) is 43.2 Å². The molecular formula is C18H25FN4O2. The Balaban J connectivity index is 1.61. The van der Waals surface area contributed by atoms with Crippen molar-refractivity contribution in [1.29, 1.82) is 0 Å². The lowest BCUT2D eigenvalue weighted by Gasteiger charge is -2.32. The molecular weight excluding hydrogens is 323 g/mol. The van der Waals surface area contributed by atoms with Crippen molar-refractivity contribution in [2.24, 2.45) is 5.92 Å². The van der Waals surface area contributed by atoms with E-state index in [2.05, 4.69) is 15.2 Å². The van der Waals surface area contributed by atoms with Crippen LogP contribution < -0.4 is 0 Å². The molecule has 0 spiro atoms. The first-order valence-electron chi connectivity index (χ1n) is 8.64. The number of aromatic hydroxyl groups is 1. The Morgan fingerprint density at radius 3 is 2.88 bits per heavy atom. The van der Waals surface area contributed by atoms with Crippen LogP contribution in [0.15, 0.2) is 24.4 Å². The fourth-order valence-corrected chi connectivity index (χ4v) is 3.30. The summed E-state index contributed by atoms with van der Waals surface area (Å²) < 4.78 is 15.2. The smallest absolute Gasteiger partial charge is 0.123 e. The lowest BCUT2D eigenvalue weighted by molar-refractivity contribution is 0.0737. The Hall–Kier alpha value is -1.99. The van der Waals surface area contributed by atoms with Crippen LogP contribution in [0.4, 0.5) is 4.39 Å². The maximum Gasteiger partial charge on any atom is 0.123 e. The molecule has 1 atom stereocenters. The fourth-order valence-electron chi connectivity index (χ4n) is 3.30. The zero-order valence-electron chi connectivity index (χ0n) is 14.7. The summed E-state index contributed by atoms with van der Waals surface area (Å²) in [4.78, 5) is 2.23. The van der Waals surface area contributed by atoms with Crippen molar-refractivity contribution < 1.29 is 14.6 Å². The first-order chi connectivity index (χ1) is 11.8. The summed E-state index contributed by atoms with van der Waals surface area (Å²) >= 11 is 0. The largest absolute Gasteiger partial charge is 0.508 e. The van der Waals surface area contributed by atoms with Gasteiger partial charge in [0.25, 0.3) is 0 Å². The van der Waals surface area contributed by atoms with Crippen molar-refractivity contribution >= 4 is 0 Å². The molecule has 2 N–H and O–H groups in total. The normalized spacial score (nSPS) is 19.3. The molecule has 1 fully saturated rings. The van der Waals surface area contributed by atoms with E-state index in [4.69, 9.17) is 0 Å². The zero-order chi connectivity index (χ0) is 18.0. The van der Waals surface area contributed by atoms with Gasteiger partial charge in [-0.05, 0) is 57.4 Å². The summed E-state index contributed by atoms with van der Waals surface area (Å²) in [5.74, 6) is 0.207. The SMILES string of the molecule is CC(C)(O)c1cn(CC2CCCN(Cc3cc(F)ccc3O)C2)nn1. The molecule has 0 saturated carbocycles. The molecule has 1 aliphatic heterocycles. The molecule has 1 unspecified atom stereocenters. The molecule has 1 aliphatic rings. The Morgan fingerprint density at radius 1 is 1.36 bits per heavy atom. The van der Waals surface area contributed by atoms with E-state index in [0.29, 0.717) is 23.7 Å². The van der Waals surface area contributed by atoms with E-state index < -0.39 is 5.60 Å². The maximum absolute atomic E-state index is 13.4. The number of piperidine rings is 1. The van der Waals surface area contributed by atoms with Crippen LogP contribution in [0.25, 0.3) is 0 Å².